The van der Waals surface area contributed by atoms with Crippen molar-refractivity contribution in [3.63, 3.8) is 0 Å². The van der Waals surface area contributed by atoms with Gasteiger partial charge >= 0.3 is 0 Å². The average Bonchev–Trinajstić information content (AvgIpc) is 2.33. The third-order valence-corrected chi connectivity index (χ3v) is 1.21. The largest absolute Gasteiger partial charge is 0.239 e. The number of aryl methyl sites for hydroxylation is 1. The van der Waals surface area contributed by atoms with Crippen molar-refractivity contribution in [1.29, 1.82) is 0 Å². The van der Waals surface area contributed by atoms with Crippen LogP contribution in [0.5, 0.6) is 0 Å². The van der Waals surface area contributed by atoms with Crippen molar-refractivity contribution in [3.05, 3.63) is 5.82 Å². The molecule has 0 saturated carbocycles. The molecule has 1 aromatic heterocycles. The van der Waals surface area contributed by atoms with Crippen LogP contribution in [-0.2, 0) is 6.54 Å². The Labute approximate surface area is 58.0 Å². The zero-order chi connectivity index (χ0) is 7.56. The highest BCUT2D eigenvalue weighted by Gasteiger charge is 2.10. The second kappa shape index (κ2) is 2.72. The lowest BCUT2D eigenvalue weighted by Crippen LogP contribution is -2.04. The molecule has 10 heavy (non-hydrogen) atoms. The van der Waals surface area contributed by atoms with Gasteiger partial charge in [-0.15, -0.1) is 5.10 Å². The molecule has 5 heteroatoms. The fraction of sp³-hybridized carbons (Fsp3) is 0.800. The van der Waals surface area contributed by atoms with Gasteiger partial charge in [0.05, 0.1) is 0 Å². The molecule has 0 bridgehead atoms. The van der Waals surface area contributed by atoms with E-state index in [4.69, 9.17) is 0 Å². The third-order valence-electron chi connectivity index (χ3n) is 1.21. The molecule has 0 spiro atoms. The minimum atomic E-state index is -1.09. The molecular formula is C5H9FN4. The average molecular weight is 144 g/mol. The maximum Gasteiger partial charge on any atom is 0.185 e. The Balaban J connectivity index is 2.90. The summed E-state index contributed by atoms with van der Waals surface area (Å²) in [6, 6.07) is 0. The van der Waals surface area contributed by atoms with E-state index in [0.29, 0.717) is 12.4 Å². The predicted octanol–water partition coefficient (Wildman–Crippen LogP) is 0.724. The maximum atomic E-state index is 12.6. The molecule has 0 saturated heterocycles. The summed E-state index contributed by atoms with van der Waals surface area (Å²) in [7, 11) is 0. The Morgan fingerprint density at radius 2 is 2.40 bits per heavy atom. The van der Waals surface area contributed by atoms with E-state index in [0.717, 1.165) is 0 Å². The van der Waals surface area contributed by atoms with E-state index in [2.05, 4.69) is 15.5 Å². The smallest absolute Gasteiger partial charge is 0.185 e. The number of halogens is 1. The van der Waals surface area contributed by atoms with Crippen LogP contribution in [0.1, 0.15) is 25.8 Å². The lowest BCUT2D eigenvalue weighted by molar-refractivity contribution is 0.340. The highest BCUT2D eigenvalue weighted by molar-refractivity contribution is 4.83. The number of tetrazole rings is 1. The first-order chi connectivity index (χ1) is 4.75. The molecule has 0 aliphatic carbocycles. The molecule has 0 aromatic carbocycles. The topological polar surface area (TPSA) is 43.6 Å². The second-order valence-corrected chi connectivity index (χ2v) is 1.97. The Hall–Kier alpha value is -1.00. The van der Waals surface area contributed by atoms with Gasteiger partial charge in [-0.25, -0.2) is 9.07 Å². The molecule has 56 valence electrons. The standard InChI is InChI=1S/C5H9FN4/c1-3-10-5(4(2)6)7-8-9-10/h4H,3H2,1-2H3. The van der Waals surface area contributed by atoms with Gasteiger partial charge in [0.25, 0.3) is 0 Å². The van der Waals surface area contributed by atoms with Gasteiger partial charge in [0, 0.05) is 6.54 Å². The van der Waals surface area contributed by atoms with E-state index in [9.17, 15) is 4.39 Å². The van der Waals surface area contributed by atoms with Crippen molar-refractivity contribution in [3.8, 4) is 0 Å². The maximum absolute atomic E-state index is 12.6. The zero-order valence-corrected chi connectivity index (χ0v) is 5.95. The molecule has 0 aliphatic rings. The van der Waals surface area contributed by atoms with Crippen molar-refractivity contribution in [1.82, 2.24) is 20.2 Å². The highest BCUT2D eigenvalue weighted by Crippen LogP contribution is 2.10. The highest BCUT2D eigenvalue weighted by atomic mass is 19.1. The summed E-state index contributed by atoms with van der Waals surface area (Å²) in [6.45, 7) is 3.89. The van der Waals surface area contributed by atoms with Gasteiger partial charge in [0.2, 0.25) is 0 Å². The van der Waals surface area contributed by atoms with Gasteiger partial charge in [-0.1, -0.05) is 0 Å². The Bertz CT molecular complexity index is 207. The van der Waals surface area contributed by atoms with E-state index in [-0.39, 0.29) is 0 Å². The Morgan fingerprint density at radius 3 is 2.80 bits per heavy atom. The molecule has 0 radical (unpaired) electrons. The number of nitrogens with zero attached hydrogens (tertiary/aromatic N) is 4. The summed E-state index contributed by atoms with van der Waals surface area (Å²) in [5.41, 5.74) is 0. The molecule has 0 fully saturated rings. The van der Waals surface area contributed by atoms with Crippen molar-refractivity contribution >= 4 is 0 Å². The first-order valence-electron chi connectivity index (χ1n) is 3.15. The van der Waals surface area contributed by atoms with Crippen LogP contribution < -0.4 is 0 Å². The van der Waals surface area contributed by atoms with E-state index in [1.807, 2.05) is 6.92 Å². The van der Waals surface area contributed by atoms with Crippen molar-refractivity contribution in [2.45, 2.75) is 26.6 Å². The van der Waals surface area contributed by atoms with E-state index < -0.39 is 6.17 Å². The lowest BCUT2D eigenvalue weighted by Gasteiger charge is -1.99. The van der Waals surface area contributed by atoms with Crippen LogP contribution in [0.2, 0.25) is 0 Å². The fourth-order valence-corrected chi connectivity index (χ4v) is 0.722. The van der Waals surface area contributed by atoms with Crippen molar-refractivity contribution in [2.24, 2.45) is 0 Å². The van der Waals surface area contributed by atoms with Crippen LogP contribution in [0.15, 0.2) is 0 Å². The first kappa shape index (κ1) is 7.11. The number of hydrogen-bond acceptors (Lipinski definition) is 3. The molecule has 1 unspecified atom stereocenters. The summed E-state index contributed by atoms with van der Waals surface area (Å²) in [6.07, 6.45) is -1.09. The summed E-state index contributed by atoms with van der Waals surface area (Å²) >= 11 is 0. The number of rotatable bonds is 2. The quantitative estimate of drug-likeness (QED) is 0.614. The van der Waals surface area contributed by atoms with E-state index in [1.54, 1.807) is 0 Å². The zero-order valence-electron chi connectivity index (χ0n) is 5.95. The van der Waals surface area contributed by atoms with Crippen LogP contribution in [0.25, 0.3) is 0 Å². The Morgan fingerprint density at radius 1 is 1.70 bits per heavy atom. The van der Waals surface area contributed by atoms with Crippen LogP contribution in [-0.4, -0.2) is 20.2 Å². The number of aromatic nitrogens is 4. The minimum absolute atomic E-state index is 0.294. The molecule has 1 heterocycles. The van der Waals surface area contributed by atoms with Gasteiger partial charge in [-0.05, 0) is 24.3 Å². The number of alkyl halides is 1. The second-order valence-electron chi connectivity index (χ2n) is 1.97. The lowest BCUT2D eigenvalue weighted by atomic mass is 10.4. The van der Waals surface area contributed by atoms with Gasteiger partial charge < -0.3 is 0 Å². The van der Waals surface area contributed by atoms with Crippen LogP contribution >= 0.6 is 0 Å². The molecule has 1 atom stereocenters. The normalized spacial score (nSPS) is 13.5. The molecular weight excluding hydrogens is 135 g/mol. The monoisotopic (exact) mass is 144 g/mol. The first-order valence-corrected chi connectivity index (χ1v) is 3.15. The van der Waals surface area contributed by atoms with Gasteiger partial charge in [-0.3, -0.25) is 0 Å². The minimum Gasteiger partial charge on any atom is -0.239 e. The van der Waals surface area contributed by atoms with E-state index in [1.165, 1.54) is 11.6 Å². The summed E-state index contributed by atoms with van der Waals surface area (Å²) < 4.78 is 14.0. The SMILES string of the molecule is CCn1nnnc1C(C)F. The van der Waals surface area contributed by atoms with Crippen LogP contribution in [0, 0.1) is 0 Å². The fourth-order valence-electron chi connectivity index (χ4n) is 0.722. The van der Waals surface area contributed by atoms with Crippen LogP contribution in [0.4, 0.5) is 4.39 Å². The summed E-state index contributed by atoms with van der Waals surface area (Å²) in [5.74, 6) is 0.294. The van der Waals surface area contributed by atoms with Gasteiger partial charge in [0.1, 0.15) is 0 Å². The molecule has 0 aliphatic heterocycles. The van der Waals surface area contributed by atoms with E-state index >= 15 is 0 Å². The summed E-state index contributed by atoms with van der Waals surface area (Å²) in [5, 5.41) is 10.4. The molecule has 1 aromatic rings. The van der Waals surface area contributed by atoms with Crippen molar-refractivity contribution < 1.29 is 4.39 Å². The molecule has 4 nitrogen and oxygen atoms in total. The predicted molar refractivity (Wildman–Crippen MR) is 33.0 cm³/mol. The number of hydrogen-bond donors (Lipinski definition) is 0. The van der Waals surface area contributed by atoms with Crippen molar-refractivity contribution in [2.75, 3.05) is 0 Å². The molecule has 1 rings (SSSR count). The van der Waals surface area contributed by atoms with Gasteiger partial charge in [-0.2, -0.15) is 0 Å². The van der Waals surface area contributed by atoms with Gasteiger partial charge in [0.15, 0.2) is 12.0 Å². The molecule has 0 amide bonds. The summed E-state index contributed by atoms with van der Waals surface area (Å²) in [4.78, 5) is 0. The third kappa shape index (κ3) is 1.12. The van der Waals surface area contributed by atoms with Crippen LogP contribution in [0.3, 0.4) is 0 Å². The Kier molecular flexibility index (Phi) is 1.94. The molecule has 0 N–H and O–H groups in total.